The number of aliphatic hydroxyl groups is 1. The number of benzene rings is 1. The average molecular weight is 448 g/mol. The standard InChI is InChI=1S/C20H26ClN7O3/c21-13-3-1-12(2-4-13)14(5-10-29)27-19(31)20(24)6-8-28(9-7-20)18-15(17(23)30)16(22)25-11-26-18/h1-4,11,14,29H,5-10,24H2,(H2,23,30)(H,27,31)(H2,22,25,26). The summed E-state index contributed by atoms with van der Waals surface area (Å²) in [4.78, 5) is 34.6. The fourth-order valence-corrected chi connectivity index (χ4v) is 3.78. The van der Waals surface area contributed by atoms with Gasteiger partial charge in [0.25, 0.3) is 5.91 Å². The highest BCUT2D eigenvalue weighted by atomic mass is 35.5. The summed E-state index contributed by atoms with van der Waals surface area (Å²) in [5.74, 6) is -0.681. The lowest BCUT2D eigenvalue weighted by atomic mass is 9.86. The molecule has 0 spiro atoms. The van der Waals surface area contributed by atoms with Gasteiger partial charge in [-0.25, -0.2) is 9.97 Å². The maximum Gasteiger partial charge on any atom is 0.256 e. The average Bonchev–Trinajstić information content (AvgIpc) is 2.74. The number of nitrogen functional groups attached to an aromatic ring is 1. The molecule has 2 aromatic rings. The molecule has 8 N–H and O–H groups in total. The van der Waals surface area contributed by atoms with Crippen molar-refractivity contribution in [3.63, 3.8) is 0 Å². The number of amides is 2. The summed E-state index contributed by atoms with van der Waals surface area (Å²) in [6.45, 7) is 0.669. The van der Waals surface area contributed by atoms with Crippen molar-refractivity contribution in [2.75, 3.05) is 30.3 Å². The summed E-state index contributed by atoms with van der Waals surface area (Å²) in [6, 6.07) is 6.68. The van der Waals surface area contributed by atoms with Gasteiger partial charge in [-0.3, -0.25) is 9.59 Å². The Labute approximate surface area is 184 Å². The molecule has 166 valence electrons. The van der Waals surface area contributed by atoms with Gasteiger partial charge in [-0.1, -0.05) is 23.7 Å². The number of carbonyl (C=O) groups excluding carboxylic acids is 2. The number of halogens is 1. The number of aromatic nitrogens is 2. The van der Waals surface area contributed by atoms with Crippen LogP contribution in [0.15, 0.2) is 30.6 Å². The molecule has 1 saturated heterocycles. The van der Waals surface area contributed by atoms with E-state index in [0.29, 0.717) is 43.2 Å². The van der Waals surface area contributed by atoms with Crippen LogP contribution in [0.4, 0.5) is 11.6 Å². The summed E-state index contributed by atoms with van der Waals surface area (Å²) in [5, 5.41) is 13.0. The van der Waals surface area contributed by atoms with Gasteiger partial charge in [0.15, 0.2) is 0 Å². The van der Waals surface area contributed by atoms with Gasteiger partial charge in [0, 0.05) is 24.7 Å². The fourth-order valence-electron chi connectivity index (χ4n) is 3.66. The normalized spacial score (nSPS) is 16.5. The monoisotopic (exact) mass is 447 g/mol. The molecule has 31 heavy (non-hydrogen) atoms. The molecule has 1 aliphatic rings. The van der Waals surface area contributed by atoms with E-state index in [-0.39, 0.29) is 23.9 Å². The van der Waals surface area contributed by atoms with Gasteiger partial charge in [-0.2, -0.15) is 0 Å². The first-order chi connectivity index (χ1) is 14.7. The third-order valence-electron chi connectivity index (χ3n) is 5.51. The summed E-state index contributed by atoms with van der Waals surface area (Å²) in [7, 11) is 0. The lowest BCUT2D eigenvalue weighted by Gasteiger charge is -2.39. The molecular weight excluding hydrogens is 422 g/mol. The van der Waals surface area contributed by atoms with Gasteiger partial charge in [0.05, 0.1) is 11.6 Å². The Morgan fingerprint density at radius 2 is 1.87 bits per heavy atom. The van der Waals surface area contributed by atoms with E-state index in [1.165, 1.54) is 6.33 Å². The molecule has 2 amide bonds. The number of aliphatic hydroxyl groups excluding tert-OH is 1. The minimum absolute atomic E-state index is 0.00892. The van der Waals surface area contributed by atoms with Crippen molar-refractivity contribution < 1.29 is 14.7 Å². The van der Waals surface area contributed by atoms with E-state index in [2.05, 4.69) is 15.3 Å². The minimum atomic E-state index is -1.11. The second kappa shape index (κ2) is 9.46. The molecule has 3 rings (SSSR count). The summed E-state index contributed by atoms with van der Waals surface area (Å²) >= 11 is 5.94. The predicted octanol–water partition coefficient (Wildman–Crippen LogP) is 0.349. The van der Waals surface area contributed by atoms with Gasteiger partial charge >= 0.3 is 0 Å². The molecule has 0 saturated carbocycles. The minimum Gasteiger partial charge on any atom is -0.396 e. The highest BCUT2D eigenvalue weighted by Crippen LogP contribution is 2.28. The summed E-state index contributed by atoms with van der Waals surface area (Å²) in [5.41, 5.74) is 17.4. The SMILES string of the molecule is NC(=O)c1c(N)ncnc1N1CCC(N)(C(=O)NC(CCO)c2ccc(Cl)cc2)CC1. The maximum atomic E-state index is 13.0. The second-order valence-electron chi connectivity index (χ2n) is 7.55. The number of anilines is 2. The highest BCUT2D eigenvalue weighted by Gasteiger charge is 2.39. The van der Waals surface area contributed by atoms with Crippen molar-refractivity contribution in [2.24, 2.45) is 11.5 Å². The van der Waals surface area contributed by atoms with Crippen molar-refractivity contribution in [3.05, 3.63) is 46.7 Å². The van der Waals surface area contributed by atoms with Crippen molar-refractivity contribution >= 4 is 35.1 Å². The van der Waals surface area contributed by atoms with Crippen LogP contribution in [-0.4, -0.2) is 52.1 Å². The molecule has 1 unspecified atom stereocenters. The molecule has 1 aliphatic heterocycles. The van der Waals surface area contributed by atoms with Crippen LogP contribution in [0.1, 0.15) is 41.2 Å². The van der Waals surface area contributed by atoms with Crippen LogP contribution in [0.2, 0.25) is 5.02 Å². The molecule has 1 aromatic carbocycles. The Balaban J connectivity index is 1.71. The summed E-state index contributed by atoms with van der Waals surface area (Å²) < 4.78 is 0. The smallest absolute Gasteiger partial charge is 0.256 e. The molecule has 11 heteroatoms. The first-order valence-corrected chi connectivity index (χ1v) is 10.2. The van der Waals surface area contributed by atoms with Crippen LogP contribution in [0.5, 0.6) is 0 Å². The first kappa shape index (κ1) is 22.7. The maximum absolute atomic E-state index is 13.0. The van der Waals surface area contributed by atoms with Crippen molar-refractivity contribution in [3.8, 4) is 0 Å². The van der Waals surface area contributed by atoms with Crippen LogP contribution in [0.3, 0.4) is 0 Å². The van der Waals surface area contributed by atoms with E-state index in [4.69, 9.17) is 28.8 Å². The van der Waals surface area contributed by atoms with Crippen LogP contribution in [0.25, 0.3) is 0 Å². The van der Waals surface area contributed by atoms with E-state index in [1.807, 2.05) is 4.90 Å². The van der Waals surface area contributed by atoms with Gasteiger partial charge in [-0.05, 0) is 37.0 Å². The quantitative estimate of drug-likeness (QED) is 0.404. The number of carbonyl (C=O) groups is 2. The van der Waals surface area contributed by atoms with Crippen molar-refractivity contribution in [2.45, 2.75) is 30.8 Å². The molecule has 1 atom stereocenters. The lowest BCUT2D eigenvalue weighted by molar-refractivity contribution is -0.128. The number of hydrogen-bond donors (Lipinski definition) is 5. The van der Waals surface area contributed by atoms with E-state index < -0.39 is 17.5 Å². The molecule has 1 fully saturated rings. The van der Waals surface area contributed by atoms with Crippen LogP contribution in [0, 0.1) is 0 Å². The van der Waals surface area contributed by atoms with Gasteiger partial charge in [-0.15, -0.1) is 0 Å². The van der Waals surface area contributed by atoms with Crippen molar-refractivity contribution in [1.29, 1.82) is 0 Å². The third kappa shape index (κ3) is 5.04. The van der Waals surface area contributed by atoms with Crippen LogP contribution < -0.4 is 27.4 Å². The van der Waals surface area contributed by atoms with Gasteiger partial charge < -0.3 is 32.5 Å². The van der Waals surface area contributed by atoms with Crippen LogP contribution in [-0.2, 0) is 4.79 Å². The van der Waals surface area contributed by atoms with Gasteiger partial charge in [0.1, 0.15) is 23.5 Å². The zero-order valence-corrected chi connectivity index (χ0v) is 17.7. The molecular formula is C20H26ClN7O3. The number of nitrogens with one attached hydrogen (secondary N) is 1. The number of primary amides is 1. The Hall–Kier alpha value is -2.95. The Morgan fingerprint density at radius 3 is 2.45 bits per heavy atom. The first-order valence-electron chi connectivity index (χ1n) is 9.86. The number of rotatable bonds is 7. The third-order valence-corrected chi connectivity index (χ3v) is 5.76. The fraction of sp³-hybridized carbons (Fsp3) is 0.400. The Morgan fingerprint density at radius 1 is 1.23 bits per heavy atom. The lowest BCUT2D eigenvalue weighted by Crippen LogP contribution is -2.60. The molecule has 1 aromatic heterocycles. The topological polar surface area (TPSA) is 173 Å². The zero-order valence-electron chi connectivity index (χ0n) is 16.9. The molecule has 0 aliphatic carbocycles. The van der Waals surface area contributed by atoms with Gasteiger partial charge in [0.2, 0.25) is 5.91 Å². The Kier molecular flexibility index (Phi) is 6.94. The Bertz CT molecular complexity index is 946. The van der Waals surface area contributed by atoms with E-state index >= 15 is 0 Å². The van der Waals surface area contributed by atoms with E-state index in [1.54, 1.807) is 24.3 Å². The van der Waals surface area contributed by atoms with Crippen molar-refractivity contribution in [1.82, 2.24) is 15.3 Å². The van der Waals surface area contributed by atoms with E-state index in [9.17, 15) is 14.7 Å². The predicted molar refractivity (Wildman–Crippen MR) is 117 cm³/mol. The zero-order chi connectivity index (χ0) is 22.6. The molecule has 10 nitrogen and oxygen atoms in total. The number of piperidine rings is 1. The molecule has 0 radical (unpaired) electrons. The molecule has 2 heterocycles. The largest absolute Gasteiger partial charge is 0.396 e. The van der Waals surface area contributed by atoms with E-state index in [0.717, 1.165) is 5.56 Å². The molecule has 0 bridgehead atoms. The van der Waals surface area contributed by atoms with Crippen LogP contribution >= 0.6 is 11.6 Å². The second-order valence-corrected chi connectivity index (χ2v) is 7.99. The highest BCUT2D eigenvalue weighted by molar-refractivity contribution is 6.30. The summed E-state index contributed by atoms with van der Waals surface area (Å²) in [6.07, 6.45) is 2.26. The number of hydrogen-bond acceptors (Lipinski definition) is 8. The number of nitrogens with zero attached hydrogens (tertiary/aromatic N) is 3. The number of nitrogens with two attached hydrogens (primary N) is 3.